The lowest BCUT2D eigenvalue weighted by atomic mass is 9.87. The highest BCUT2D eigenvalue weighted by Gasteiger charge is 2.26. The summed E-state index contributed by atoms with van der Waals surface area (Å²) < 4.78 is 4.85. The number of amidine groups is 2. The van der Waals surface area contributed by atoms with Crippen LogP contribution < -0.4 is 5.32 Å². The number of aromatic nitrogens is 2. The molecule has 68 heavy (non-hydrogen) atoms. The molecule has 1 aliphatic heterocycles. The first-order valence-electron chi connectivity index (χ1n) is 23.0. The first kappa shape index (κ1) is 39.6. The summed E-state index contributed by atoms with van der Waals surface area (Å²) in [6.45, 7) is 0. The van der Waals surface area contributed by atoms with E-state index in [4.69, 9.17) is 15.0 Å². The lowest BCUT2D eigenvalue weighted by Crippen LogP contribution is -2.34. The van der Waals surface area contributed by atoms with Crippen molar-refractivity contribution >= 4 is 65.0 Å². The van der Waals surface area contributed by atoms with Gasteiger partial charge >= 0.3 is 0 Å². The molecule has 0 radical (unpaired) electrons. The van der Waals surface area contributed by atoms with E-state index >= 15 is 0 Å². The molecule has 1 atom stereocenters. The van der Waals surface area contributed by atoms with E-state index in [0.717, 1.165) is 67.0 Å². The van der Waals surface area contributed by atoms with Crippen molar-refractivity contribution in [2.45, 2.75) is 6.17 Å². The third kappa shape index (κ3) is 6.89. The molecule has 4 heterocycles. The number of benzene rings is 9. The Morgan fingerprint density at radius 2 is 1.04 bits per heavy atom. The van der Waals surface area contributed by atoms with Gasteiger partial charge in [0, 0.05) is 65.1 Å². The molecular weight excluding hydrogens is 847 g/mol. The Kier molecular flexibility index (Phi) is 9.69. The maximum atomic E-state index is 5.48. The molecule has 1 N–H and O–H groups in total. The van der Waals surface area contributed by atoms with E-state index in [-0.39, 0.29) is 6.17 Å². The summed E-state index contributed by atoms with van der Waals surface area (Å²) in [7, 11) is 0. The van der Waals surface area contributed by atoms with Gasteiger partial charge in [0.25, 0.3) is 0 Å². The SMILES string of the molecule is c1ccc(C2=NC(c3ccccc3)NC(c3cc(-c4c(-c5ccccc5)cccc4-c4ccccc4)cnc3-c3ccc4c(c3)sc3cc5c6ccccc6n(-c6ccccc6)c5cc34)=N2)cc1. The van der Waals surface area contributed by atoms with Crippen molar-refractivity contribution in [3.05, 3.63) is 253 Å². The van der Waals surface area contributed by atoms with Gasteiger partial charge in [0.2, 0.25) is 0 Å². The highest BCUT2D eigenvalue weighted by Crippen LogP contribution is 2.44. The third-order valence-electron chi connectivity index (χ3n) is 13.1. The zero-order valence-electron chi connectivity index (χ0n) is 36.8. The smallest absolute Gasteiger partial charge is 0.159 e. The molecule has 0 saturated heterocycles. The number of aliphatic imine (C=N–C) groups is 2. The van der Waals surface area contributed by atoms with Gasteiger partial charge in [-0.2, -0.15) is 0 Å². The van der Waals surface area contributed by atoms with Crippen molar-refractivity contribution in [2.75, 3.05) is 0 Å². The van der Waals surface area contributed by atoms with Crippen LogP contribution in [0.3, 0.4) is 0 Å². The number of para-hydroxylation sites is 2. The Morgan fingerprint density at radius 1 is 0.426 bits per heavy atom. The summed E-state index contributed by atoms with van der Waals surface area (Å²) in [6.07, 6.45) is 1.67. The van der Waals surface area contributed by atoms with Crippen molar-refractivity contribution in [2.24, 2.45) is 9.98 Å². The zero-order valence-corrected chi connectivity index (χ0v) is 37.6. The monoisotopic (exact) mass is 887 g/mol. The van der Waals surface area contributed by atoms with Crippen molar-refractivity contribution < 1.29 is 0 Å². The van der Waals surface area contributed by atoms with Crippen LogP contribution in [0.1, 0.15) is 22.9 Å². The van der Waals surface area contributed by atoms with E-state index in [2.05, 4.69) is 216 Å². The lowest BCUT2D eigenvalue weighted by Gasteiger charge is -2.25. The van der Waals surface area contributed by atoms with E-state index in [1.807, 2.05) is 41.8 Å². The molecule has 0 spiro atoms. The van der Waals surface area contributed by atoms with Crippen LogP contribution >= 0.6 is 11.3 Å². The zero-order chi connectivity index (χ0) is 45.0. The van der Waals surface area contributed by atoms with E-state index < -0.39 is 0 Å². The fraction of sp³-hybridized carbons (Fsp3) is 0.0161. The van der Waals surface area contributed by atoms with E-state index in [0.29, 0.717) is 11.7 Å². The molecule has 12 aromatic rings. The number of hydrogen-bond acceptors (Lipinski definition) is 5. The van der Waals surface area contributed by atoms with Crippen LogP contribution in [0.15, 0.2) is 247 Å². The molecule has 6 heteroatoms. The largest absolute Gasteiger partial charge is 0.344 e. The number of rotatable bonds is 8. The van der Waals surface area contributed by atoms with Crippen LogP contribution in [0.25, 0.3) is 92.3 Å². The highest BCUT2D eigenvalue weighted by molar-refractivity contribution is 7.26. The van der Waals surface area contributed by atoms with Gasteiger partial charge in [-0.1, -0.05) is 188 Å². The molecular formula is C62H41N5S. The van der Waals surface area contributed by atoms with Gasteiger partial charge in [0.15, 0.2) is 5.84 Å². The van der Waals surface area contributed by atoms with Crippen LogP contribution in [0, 0.1) is 0 Å². The maximum absolute atomic E-state index is 5.48. The van der Waals surface area contributed by atoms with Crippen LogP contribution in [-0.2, 0) is 0 Å². The molecule has 0 bridgehead atoms. The average Bonchev–Trinajstić information content (AvgIpc) is 3.95. The fourth-order valence-electron chi connectivity index (χ4n) is 9.94. The lowest BCUT2D eigenvalue weighted by molar-refractivity contribution is 0.674. The van der Waals surface area contributed by atoms with Crippen LogP contribution in [-0.4, -0.2) is 21.2 Å². The minimum absolute atomic E-state index is 0.375. The third-order valence-corrected chi connectivity index (χ3v) is 14.2. The Bertz CT molecular complexity index is 3860. The van der Waals surface area contributed by atoms with Gasteiger partial charge < -0.3 is 9.88 Å². The molecule has 9 aromatic carbocycles. The molecule has 1 unspecified atom stereocenters. The molecule has 320 valence electrons. The Labute approximate surface area is 397 Å². The highest BCUT2D eigenvalue weighted by atomic mass is 32.1. The molecule has 0 amide bonds. The second kappa shape index (κ2) is 16.6. The maximum Gasteiger partial charge on any atom is 0.159 e. The van der Waals surface area contributed by atoms with Crippen molar-refractivity contribution in [1.29, 1.82) is 0 Å². The van der Waals surface area contributed by atoms with E-state index in [9.17, 15) is 0 Å². The van der Waals surface area contributed by atoms with Crippen molar-refractivity contribution in [1.82, 2.24) is 14.9 Å². The molecule has 5 nitrogen and oxygen atoms in total. The summed E-state index contributed by atoms with van der Waals surface area (Å²) in [5.41, 5.74) is 14.9. The summed E-state index contributed by atoms with van der Waals surface area (Å²) in [4.78, 5) is 16.1. The summed E-state index contributed by atoms with van der Waals surface area (Å²) in [6, 6.07) is 81.8. The normalized spacial score (nSPS) is 13.7. The number of thiophene rings is 1. The second-order valence-corrected chi connectivity index (χ2v) is 18.3. The van der Waals surface area contributed by atoms with Crippen molar-refractivity contribution in [3.8, 4) is 50.3 Å². The Balaban J connectivity index is 1.03. The molecule has 13 rings (SSSR count). The minimum atomic E-state index is -0.375. The predicted octanol–water partition coefficient (Wildman–Crippen LogP) is 15.7. The van der Waals surface area contributed by atoms with Crippen LogP contribution in [0.2, 0.25) is 0 Å². The standard InChI is InChI=1S/C62H41N5S/c1-6-19-40(20-7-1)47-30-18-31-48(41-21-8-2-9-22-41)58(47)45-35-53(62-65-60(42-23-10-3-11-24-42)64-61(66-62)43-25-12-4-13-26-43)59(63-39-45)44-33-34-50-52-37-55-51(38-57(52)68-56(50)36-44)49-29-16-17-32-54(49)67(55)46-27-14-5-15-28-46/h1-39,60H,(H,64,65,66). The van der Waals surface area contributed by atoms with Gasteiger partial charge in [-0.25, -0.2) is 9.98 Å². The number of pyridine rings is 1. The number of nitrogens with one attached hydrogen (secondary N) is 1. The first-order chi connectivity index (χ1) is 33.7. The predicted molar refractivity (Wildman–Crippen MR) is 285 cm³/mol. The molecule has 0 aliphatic carbocycles. The Hall–Kier alpha value is -8.71. The fourth-order valence-corrected chi connectivity index (χ4v) is 11.1. The summed E-state index contributed by atoms with van der Waals surface area (Å²) >= 11 is 1.83. The number of fused-ring (bicyclic) bond motifs is 6. The first-order valence-corrected chi connectivity index (χ1v) is 23.8. The van der Waals surface area contributed by atoms with Crippen LogP contribution in [0.5, 0.6) is 0 Å². The van der Waals surface area contributed by atoms with Gasteiger partial charge in [-0.3, -0.25) is 4.98 Å². The van der Waals surface area contributed by atoms with Gasteiger partial charge in [-0.15, -0.1) is 11.3 Å². The quantitative estimate of drug-likeness (QED) is 0.165. The second-order valence-electron chi connectivity index (χ2n) is 17.2. The van der Waals surface area contributed by atoms with E-state index in [1.165, 1.54) is 42.0 Å². The molecule has 0 fully saturated rings. The Morgan fingerprint density at radius 3 is 1.75 bits per heavy atom. The molecule has 1 aliphatic rings. The summed E-state index contributed by atoms with van der Waals surface area (Å²) in [5, 5.41) is 8.76. The average molecular weight is 888 g/mol. The number of nitrogens with zero attached hydrogens (tertiary/aromatic N) is 4. The van der Waals surface area contributed by atoms with Crippen LogP contribution in [0.4, 0.5) is 0 Å². The molecule has 0 saturated carbocycles. The minimum Gasteiger partial charge on any atom is -0.344 e. The topological polar surface area (TPSA) is 54.6 Å². The van der Waals surface area contributed by atoms with Gasteiger partial charge in [0.05, 0.1) is 16.7 Å². The van der Waals surface area contributed by atoms with E-state index in [1.54, 1.807) is 0 Å². The summed E-state index contributed by atoms with van der Waals surface area (Å²) in [5.74, 6) is 1.38. The van der Waals surface area contributed by atoms with Gasteiger partial charge in [0.1, 0.15) is 12.0 Å². The van der Waals surface area contributed by atoms with Gasteiger partial charge in [-0.05, 0) is 75.8 Å². The molecule has 3 aromatic heterocycles. The van der Waals surface area contributed by atoms with Crippen molar-refractivity contribution in [3.63, 3.8) is 0 Å². The number of hydrogen-bond donors (Lipinski definition) is 1.